The number of aliphatic carboxylic acids is 2. The molecular weight excluding hydrogens is 430 g/mol. The molecule has 2 aromatic rings. The van der Waals surface area contributed by atoms with E-state index >= 15 is 0 Å². The van der Waals surface area contributed by atoms with Crippen molar-refractivity contribution in [3.63, 3.8) is 0 Å². The molecule has 1 unspecified atom stereocenters. The molecule has 1 aromatic carbocycles. The predicted octanol–water partition coefficient (Wildman–Crippen LogP) is 1.69. The van der Waals surface area contributed by atoms with Crippen LogP contribution in [0.3, 0.4) is 0 Å². The summed E-state index contributed by atoms with van der Waals surface area (Å²) >= 11 is 0. The number of carbonyl (C=O) groups is 3. The van der Waals surface area contributed by atoms with Crippen LogP contribution in [0.4, 0.5) is 11.8 Å². The highest BCUT2D eigenvalue weighted by atomic mass is 16.4. The van der Waals surface area contributed by atoms with Crippen LogP contribution in [0.15, 0.2) is 36.9 Å². The average Bonchev–Trinajstić information content (AvgIpc) is 2.75. The number of nitrogen functional groups attached to an aromatic ring is 2. The van der Waals surface area contributed by atoms with Crippen molar-refractivity contribution in [3.8, 4) is 5.88 Å². The van der Waals surface area contributed by atoms with Gasteiger partial charge < -0.3 is 32.1 Å². The predicted molar refractivity (Wildman–Crippen MR) is 121 cm³/mol. The van der Waals surface area contributed by atoms with E-state index in [0.29, 0.717) is 24.8 Å². The molecule has 1 amide bonds. The number of carboxylic acid groups (broad SMARTS) is 2. The third-order valence-corrected chi connectivity index (χ3v) is 5.11. The minimum atomic E-state index is -1.30. The molecule has 11 heteroatoms. The van der Waals surface area contributed by atoms with Crippen molar-refractivity contribution in [2.45, 2.75) is 44.1 Å². The zero-order valence-corrected chi connectivity index (χ0v) is 17.9. The lowest BCUT2D eigenvalue weighted by Gasteiger charge is -2.16. The first-order valence-corrected chi connectivity index (χ1v) is 10.2. The lowest BCUT2D eigenvalue weighted by Crippen LogP contribution is -2.41. The molecule has 0 spiro atoms. The summed E-state index contributed by atoms with van der Waals surface area (Å²) < 4.78 is 0. The summed E-state index contributed by atoms with van der Waals surface area (Å²) in [6, 6.07) is 5.32. The summed E-state index contributed by atoms with van der Waals surface area (Å²) in [4.78, 5) is 41.9. The first kappa shape index (κ1) is 25.1. The third kappa shape index (κ3) is 7.20. The second kappa shape index (κ2) is 11.5. The van der Waals surface area contributed by atoms with Gasteiger partial charge in [-0.15, -0.1) is 6.58 Å². The van der Waals surface area contributed by atoms with E-state index in [-0.39, 0.29) is 42.0 Å². The number of nitrogens with zero attached hydrogens (tertiary/aromatic N) is 2. The Morgan fingerprint density at radius 2 is 1.76 bits per heavy atom. The fourth-order valence-electron chi connectivity index (χ4n) is 3.31. The number of nitrogens with one attached hydrogen (secondary N) is 1. The molecule has 0 radical (unpaired) electrons. The SMILES string of the molecule is C=CC(CCCc1c(N)nc(N)nc1O)c1ccc(C(=O)N[C@H](CCC(=O)O)C(=O)O)cc1. The summed E-state index contributed by atoms with van der Waals surface area (Å²) in [7, 11) is 0. The van der Waals surface area contributed by atoms with Gasteiger partial charge in [0.2, 0.25) is 11.8 Å². The number of amides is 1. The number of carboxylic acids is 2. The highest BCUT2D eigenvalue weighted by Gasteiger charge is 2.22. The summed E-state index contributed by atoms with van der Waals surface area (Å²) in [5, 5.41) is 30.2. The second-order valence-corrected chi connectivity index (χ2v) is 7.42. The maximum Gasteiger partial charge on any atom is 0.326 e. The zero-order chi connectivity index (χ0) is 24.5. The highest BCUT2D eigenvalue weighted by molar-refractivity contribution is 5.96. The van der Waals surface area contributed by atoms with E-state index in [1.807, 2.05) is 0 Å². The van der Waals surface area contributed by atoms with Gasteiger partial charge in [0.1, 0.15) is 11.9 Å². The van der Waals surface area contributed by atoms with Crippen molar-refractivity contribution in [2.24, 2.45) is 0 Å². The smallest absolute Gasteiger partial charge is 0.326 e. The Labute approximate surface area is 190 Å². The summed E-state index contributed by atoms with van der Waals surface area (Å²) in [5.41, 5.74) is 12.8. The van der Waals surface area contributed by atoms with Gasteiger partial charge >= 0.3 is 11.9 Å². The van der Waals surface area contributed by atoms with Crippen LogP contribution in [0, 0.1) is 0 Å². The first-order chi connectivity index (χ1) is 15.6. The average molecular weight is 457 g/mol. The molecule has 0 saturated heterocycles. The molecule has 0 bridgehead atoms. The number of hydrogen-bond acceptors (Lipinski definition) is 8. The van der Waals surface area contributed by atoms with E-state index in [4.69, 9.17) is 16.6 Å². The molecule has 176 valence electrons. The Kier molecular flexibility index (Phi) is 8.72. The van der Waals surface area contributed by atoms with Crippen LogP contribution in [0.1, 0.15) is 53.1 Å². The molecule has 33 heavy (non-hydrogen) atoms. The second-order valence-electron chi connectivity index (χ2n) is 7.42. The molecule has 0 saturated carbocycles. The standard InChI is InChI=1S/C22H27N5O6/c1-2-12(4-3-5-15-18(23)26-22(24)27-20(15)31)13-6-8-14(9-7-13)19(30)25-16(21(32)33)10-11-17(28)29/h2,6-9,12,16H,1,3-5,10-11H2,(H,25,30)(H,28,29)(H,32,33)(H5,23,24,26,27,31)/t12?,16-/m1/s1. The molecule has 0 aliphatic rings. The van der Waals surface area contributed by atoms with Gasteiger partial charge in [-0.3, -0.25) is 9.59 Å². The van der Waals surface area contributed by atoms with Crippen LogP contribution in [-0.2, 0) is 16.0 Å². The van der Waals surface area contributed by atoms with Gasteiger partial charge in [-0.25, -0.2) is 4.79 Å². The number of aromatic hydroxyl groups is 1. The Morgan fingerprint density at radius 1 is 1.09 bits per heavy atom. The fraction of sp³-hybridized carbons (Fsp3) is 0.318. The number of anilines is 2. The maximum absolute atomic E-state index is 12.4. The number of benzene rings is 1. The van der Waals surface area contributed by atoms with Crippen LogP contribution >= 0.6 is 0 Å². The molecule has 1 aromatic heterocycles. The van der Waals surface area contributed by atoms with Gasteiger partial charge in [0.15, 0.2) is 0 Å². The van der Waals surface area contributed by atoms with Crippen LogP contribution < -0.4 is 16.8 Å². The van der Waals surface area contributed by atoms with Gasteiger partial charge in [0, 0.05) is 17.9 Å². The number of carbonyl (C=O) groups excluding carboxylic acids is 1. The highest BCUT2D eigenvalue weighted by Crippen LogP contribution is 2.27. The largest absolute Gasteiger partial charge is 0.493 e. The topological polar surface area (TPSA) is 202 Å². The summed E-state index contributed by atoms with van der Waals surface area (Å²) in [6.45, 7) is 3.85. The molecule has 0 aliphatic heterocycles. The lowest BCUT2D eigenvalue weighted by molar-refractivity contribution is -0.140. The van der Waals surface area contributed by atoms with Crippen LogP contribution in [0.2, 0.25) is 0 Å². The zero-order valence-electron chi connectivity index (χ0n) is 17.9. The number of rotatable bonds is 12. The lowest BCUT2D eigenvalue weighted by atomic mass is 9.92. The van der Waals surface area contributed by atoms with E-state index in [2.05, 4.69) is 21.9 Å². The fourth-order valence-corrected chi connectivity index (χ4v) is 3.31. The molecular formula is C22H27N5O6. The van der Waals surface area contributed by atoms with E-state index in [9.17, 15) is 24.6 Å². The summed E-state index contributed by atoms with van der Waals surface area (Å²) in [6.07, 6.45) is 2.94. The van der Waals surface area contributed by atoms with Gasteiger partial charge in [-0.2, -0.15) is 9.97 Å². The van der Waals surface area contributed by atoms with Gasteiger partial charge in [0.25, 0.3) is 5.91 Å². The first-order valence-electron chi connectivity index (χ1n) is 10.2. The molecule has 2 rings (SSSR count). The molecule has 1 heterocycles. The number of allylic oxidation sites excluding steroid dienone is 1. The van der Waals surface area contributed by atoms with E-state index in [1.54, 1.807) is 30.3 Å². The minimum absolute atomic E-state index is 0.0393. The molecule has 11 nitrogen and oxygen atoms in total. The molecule has 0 aliphatic carbocycles. The van der Waals surface area contributed by atoms with Crippen molar-refractivity contribution in [1.82, 2.24) is 15.3 Å². The number of nitrogens with two attached hydrogens (primary N) is 2. The Bertz CT molecular complexity index is 1000. The van der Waals surface area contributed by atoms with Crippen molar-refractivity contribution in [2.75, 3.05) is 11.5 Å². The van der Waals surface area contributed by atoms with Gasteiger partial charge in [0.05, 0.1) is 5.56 Å². The van der Waals surface area contributed by atoms with E-state index in [1.165, 1.54) is 0 Å². The molecule has 0 fully saturated rings. The monoisotopic (exact) mass is 457 g/mol. The van der Waals surface area contributed by atoms with E-state index < -0.39 is 23.9 Å². The van der Waals surface area contributed by atoms with Crippen molar-refractivity contribution in [3.05, 3.63) is 53.6 Å². The van der Waals surface area contributed by atoms with E-state index in [0.717, 1.165) is 5.56 Å². The van der Waals surface area contributed by atoms with Gasteiger partial charge in [-0.05, 0) is 43.4 Å². The van der Waals surface area contributed by atoms with Gasteiger partial charge in [-0.1, -0.05) is 18.2 Å². The van der Waals surface area contributed by atoms with Crippen molar-refractivity contribution < 1.29 is 29.7 Å². The minimum Gasteiger partial charge on any atom is -0.493 e. The van der Waals surface area contributed by atoms with Crippen molar-refractivity contribution >= 4 is 29.6 Å². The third-order valence-electron chi connectivity index (χ3n) is 5.11. The number of aromatic nitrogens is 2. The van der Waals surface area contributed by atoms with Crippen LogP contribution in [-0.4, -0.2) is 49.2 Å². The molecule has 2 atom stereocenters. The number of hydrogen-bond donors (Lipinski definition) is 6. The summed E-state index contributed by atoms with van der Waals surface area (Å²) in [5.74, 6) is -3.30. The van der Waals surface area contributed by atoms with Crippen molar-refractivity contribution in [1.29, 1.82) is 0 Å². The molecule has 8 N–H and O–H groups in total. The quantitative estimate of drug-likeness (QED) is 0.255. The maximum atomic E-state index is 12.4. The Morgan fingerprint density at radius 3 is 2.30 bits per heavy atom. The van der Waals surface area contributed by atoms with Crippen LogP contribution in [0.5, 0.6) is 5.88 Å². The van der Waals surface area contributed by atoms with Crippen LogP contribution in [0.25, 0.3) is 0 Å². The Balaban J connectivity index is 1.99. The Hall–Kier alpha value is -4.15. The normalized spacial score (nSPS) is 12.5.